The first-order chi connectivity index (χ1) is 28.2. The van der Waals surface area contributed by atoms with Gasteiger partial charge < -0.3 is 14.5 Å². The Bertz CT molecular complexity index is 2850. The van der Waals surface area contributed by atoms with E-state index in [0.29, 0.717) is 53.4 Å². The smallest absolute Gasteiger partial charge is 0.297 e. The van der Waals surface area contributed by atoms with Crippen LogP contribution in [0.1, 0.15) is 44.7 Å². The van der Waals surface area contributed by atoms with Crippen LogP contribution in [0, 0.1) is 0 Å². The predicted octanol–water partition coefficient (Wildman–Crippen LogP) is 11.4. The molecule has 2 aromatic heterocycles. The summed E-state index contributed by atoms with van der Waals surface area (Å²) >= 11 is 9.54. The number of ether oxygens (including phenoxy) is 1. The Morgan fingerprint density at radius 3 is 1.87 bits per heavy atom. The molecule has 2 aliphatic heterocycles. The van der Waals surface area contributed by atoms with Gasteiger partial charge in [0.1, 0.15) is 26.9 Å². The van der Waals surface area contributed by atoms with Gasteiger partial charge in [0.25, 0.3) is 20.2 Å². The van der Waals surface area contributed by atoms with E-state index in [2.05, 4.69) is 67.2 Å². The Kier molecular flexibility index (Phi) is 14.9. The number of anilines is 2. The number of hydrogen-bond acceptors (Lipinski definition) is 15. The summed E-state index contributed by atoms with van der Waals surface area (Å²) in [6.07, 6.45) is 3.33. The minimum atomic E-state index is -4.53. The van der Waals surface area contributed by atoms with Gasteiger partial charge in [-0.1, -0.05) is 54.5 Å². The first-order valence-corrected chi connectivity index (χ1v) is 24.7. The second-order valence-electron chi connectivity index (χ2n) is 13.4. The van der Waals surface area contributed by atoms with Crippen LogP contribution in [-0.2, 0) is 53.5 Å². The number of azo groups is 2. The van der Waals surface area contributed by atoms with Gasteiger partial charge in [0.15, 0.2) is 0 Å². The van der Waals surface area contributed by atoms with E-state index >= 15 is 0 Å². The van der Waals surface area contributed by atoms with Crippen LogP contribution in [0.15, 0.2) is 93.8 Å². The summed E-state index contributed by atoms with van der Waals surface area (Å²) in [5.74, 6) is 0.468. The fraction of sp³-hybridized carbons (Fsp3) is 0.316. The minimum Gasteiger partial charge on any atom is -0.492 e. The molecule has 2 N–H and O–H groups in total. The van der Waals surface area contributed by atoms with Crippen molar-refractivity contribution >= 4 is 128 Å². The molecule has 0 saturated heterocycles. The molecular formula is C38H38Br2N8O7PdS4. The number of aryl methyl sites for hydroxylation is 1. The Morgan fingerprint density at radius 1 is 0.767 bits per heavy atom. The quantitative estimate of drug-likeness (QED) is 0.0710. The van der Waals surface area contributed by atoms with Crippen LogP contribution in [0.5, 0.6) is 5.75 Å². The van der Waals surface area contributed by atoms with Gasteiger partial charge in [-0.25, -0.2) is 9.97 Å². The molecule has 0 unspecified atom stereocenters. The maximum atomic E-state index is 12.3. The van der Waals surface area contributed by atoms with Crippen molar-refractivity contribution in [2.75, 3.05) is 42.6 Å². The maximum Gasteiger partial charge on any atom is 0.297 e. The van der Waals surface area contributed by atoms with Crippen LogP contribution in [0.4, 0.5) is 33.0 Å². The Labute approximate surface area is 385 Å². The molecule has 0 amide bonds. The third kappa shape index (κ3) is 10.3. The number of halogens is 2. The number of aromatic nitrogens is 2. The van der Waals surface area contributed by atoms with Crippen LogP contribution in [0.25, 0.3) is 20.4 Å². The van der Waals surface area contributed by atoms with E-state index in [9.17, 15) is 25.9 Å². The topological polar surface area (TPSA) is 200 Å². The van der Waals surface area contributed by atoms with E-state index in [1.807, 2.05) is 62.1 Å². The van der Waals surface area contributed by atoms with E-state index in [1.54, 1.807) is 6.07 Å². The van der Waals surface area contributed by atoms with Gasteiger partial charge >= 0.3 is 0 Å². The Morgan fingerprint density at radius 2 is 1.33 bits per heavy atom. The van der Waals surface area contributed by atoms with E-state index in [0.717, 1.165) is 73.0 Å². The zero-order chi connectivity index (χ0) is 42.1. The molecule has 4 heterocycles. The van der Waals surface area contributed by atoms with Crippen LogP contribution in [0.3, 0.4) is 0 Å². The van der Waals surface area contributed by atoms with Gasteiger partial charge in [-0.05, 0) is 106 Å². The second-order valence-corrected chi connectivity index (χ2v) is 20.0. The molecule has 320 valence electrons. The summed E-state index contributed by atoms with van der Waals surface area (Å²) in [4.78, 5) is 12.5. The van der Waals surface area contributed by atoms with E-state index in [4.69, 9.17) is 4.74 Å². The van der Waals surface area contributed by atoms with Gasteiger partial charge in [-0.2, -0.15) is 16.8 Å². The van der Waals surface area contributed by atoms with Crippen molar-refractivity contribution in [2.24, 2.45) is 20.5 Å². The molecular weight excluding hydrogens is 1070 g/mol. The van der Waals surface area contributed by atoms with Crippen molar-refractivity contribution in [3.05, 3.63) is 74.7 Å². The molecule has 6 aromatic rings. The van der Waals surface area contributed by atoms with Crippen LogP contribution in [-0.4, -0.2) is 68.7 Å². The standard InChI is InChI=1S/C19H21BrN4O4S2.C19H17BrN4O3S2.Pd/c1-4-24(5-2)15-11-18(30(25,26)27)14(10-16(15)28-6-3)22-23-19-21-13-8-7-12(20)9-17(13)29-19;20-12-5-6-14-16(10-12)28-19(21-14)23-22-15-9-11-3-1-7-24-8-2-4-13(17(11)24)18(15)29(25,26)27;/h7-11H,4-6H2,1-3H3,(H,25,26,27);5-6,9-10H,1-4,7-8H2,(H,25,26,27);. The van der Waals surface area contributed by atoms with Crippen LogP contribution < -0.4 is 14.5 Å². The molecule has 0 bridgehead atoms. The van der Waals surface area contributed by atoms with Crippen molar-refractivity contribution < 1.29 is 51.1 Å². The summed E-state index contributed by atoms with van der Waals surface area (Å²) in [5, 5.41) is 17.4. The summed E-state index contributed by atoms with van der Waals surface area (Å²) in [6, 6.07) is 16.0. The Balaban J connectivity index is 0.000000198. The van der Waals surface area contributed by atoms with Gasteiger partial charge in [0, 0.05) is 67.3 Å². The van der Waals surface area contributed by atoms with Gasteiger partial charge in [0.05, 0.1) is 32.7 Å². The van der Waals surface area contributed by atoms with Crippen LogP contribution >= 0.6 is 54.5 Å². The zero-order valence-corrected chi connectivity index (χ0v) is 40.3. The molecule has 0 spiro atoms. The number of thiazole rings is 2. The number of benzene rings is 4. The van der Waals surface area contributed by atoms with E-state index in [-0.39, 0.29) is 41.6 Å². The monoisotopic (exact) mass is 1110 g/mol. The summed E-state index contributed by atoms with van der Waals surface area (Å²) in [5.41, 5.74) is 5.00. The first kappa shape index (κ1) is 46.2. The van der Waals surface area contributed by atoms with Gasteiger partial charge in [-0.15, -0.1) is 20.5 Å². The normalized spacial score (nSPS) is 14.0. The molecule has 2 aliphatic rings. The number of fused-ring (bicyclic) bond motifs is 2. The minimum absolute atomic E-state index is 0. The van der Waals surface area contributed by atoms with Crippen molar-refractivity contribution in [1.29, 1.82) is 0 Å². The third-order valence-corrected chi connectivity index (χ3v) is 14.2. The van der Waals surface area contributed by atoms with Crippen molar-refractivity contribution in [2.45, 2.75) is 56.2 Å². The third-order valence-electron chi connectivity index (χ3n) is 9.60. The molecule has 22 heteroatoms. The number of rotatable bonds is 11. The number of nitrogens with zero attached hydrogens (tertiary/aromatic N) is 8. The second kappa shape index (κ2) is 19.4. The SMILES string of the molecule is CCOc1cc(N=Nc2nc3ccc(Br)cc3s2)c(S(=O)(=O)O)cc1N(CC)CC.O=S(=O)(O)c1c(N=Nc2nc3ccc(Br)cc3s2)cc2c3c1CCCN3CCC2.[Pd]. The van der Waals surface area contributed by atoms with E-state index in [1.165, 1.54) is 34.8 Å². The summed E-state index contributed by atoms with van der Waals surface area (Å²) in [6.45, 7) is 9.23. The molecule has 4 aromatic carbocycles. The molecule has 0 radical (unpaired) electrons. The largest absolute Gasteiger partial charge is 0.492 e. The van der Waals surface area contributed by atoms with Crippen molar-refractivity contribution in [3.8, 4) is 5.75 Å². The predicted molar refractivity (Wildman–Crippen MR) is 239 cm³/mol. The fourth-order valence-corrected chi connectivity index (χ4v) is 11.3. The average Bonchev–Trinajstić information content (AvgIpc) is 3.79. The molecule has 0 saturated carbocycles. The maximum absolute atomic E-state index is 12.3. The number of hydrogen-bond donors (Lipinski definition) is 2. The van der Waals surface area contributed by atoms with E-state index < -0.39 is 20.2 Å². The molecule has 0 aliphatic carbocycles. The molecule has 0 fully saturated rings. The first-order valence-electron chi connectivity index (χ1n) is 18.6. The summed E-state index contributed by atoms with van der Waals surface area (Å²) < 4.78 is 77.8. The molecule has 0 atom stereocenters. The van der Waals surface area contributed by atoms with Crippen molar-refractivity contribution in [3.63, 3.8) is 0 Å². The van der Waals surface area contributed by atoms with Crippen molar-refractivity contribution in [1.82, 2.24) is 9.97 Å². The molecule has 60 heavy (non-hydrogen) atoms. The fourth-order valence-electron chi connectivity index (χ4n) is 7.13. The zero-order valence-electron chi connectivity index (χ0n) is 32.3. The van der Waals surface area contributed by atoms with Gasteiger partial charge in [-0.3, -0.25) is 9.11 Å². The van der Waals surface area contributed by atoms with Gasteiger partial charge in [0.2, 0.25) is 10.3 Å². The molecule has 15 nitrogen and oxygen atoms in total. The molecule has 8 rings (SSSR count). The summed E-state index contributed by atoms with van der Waals surface area (Å²) in [7, 11) is -8.97. The average molecular weight is 1110 g/mol. The Hall–Kier alpha value is -3.30. The van der Waals surface area contributed by atoms with Crippen LogP contribution in [0.2, 0.25) is 0 Å².